The summed E-state index contributed by atoms with van der Waals surface area (Å²) in [6.07, 6.45) is 1.91. The quantitative estimate of drug-likeness (QED) is 0.817. The second-order valence-electron chi connectivity index (χ2n) is 8.02. The molecule has 146 valence electrons. The van der Waals surface area contributed by atoms with Crippen molar-refractivity contribution in [1.29, 1.82) is 0 Å². The van der Waals surface area contributed by atoms with Gasteiger partial charge in [-0.3, -0.25) is 9.48 Å². The van der Waals surface area contributed by atoms with Gasteiger partial charge in [-0.15, -0.1) is 0 Å². The van der Waals surface area contributed by atoms with Crippen LogP contribution in [0.1, 0.15) is 61.4 Å². The number of likely N-dealkylation sites (tertiary alicyclic amines) is 1. The minimum absolute atomic E-state index is 0.0154. The molecule has 1 aliphatic rings. The van der Waals surface area contributed by atoms with Gasteiger partial charge in [0.25, 0.3) is 5.91 Å². The van der Waals surface area contributed by atoms with Crippen molar-refractivity contribution in [2.75, 3.05) is 20.8 Å². The number of ether oxygens (including phenoxy) is 2. The fourth-order valence-corrected chi connectivity index (χ4v) is 3.82. The average Bonchev–Trinajstić information content (AvgIpc) is 3.26. The van der Waals surface area contributed by atoms with Crippen LogP contribution in [-0.4, -0.2) is 41.4 Å². The molecule has 1 unspecified atom stereocenters. The van der Waals surface area contributed by atoms with Crippen LogP contribution in [0.5, 0.6) is 11.5 Å². The second-order valence-corrected chi connectivity index (χ2v) is 8.02. The lowest BCUT2D eigenvalue weighted by molar-refractivity contribution is 0.0727. The highest BCUT2D eigenvalue weighted by molar-refractivity contribution is 5.93. The molecule has 1 aromatic heterocycles. The summed E-state index contributed by atoms with van der Waals surface area (Å²) in [5.41, 5.74) is 2.41. The number of aryl methyl sites for hydroxylation is 1. The zero-order valence-electron chi connectivity index (χ0n) is 17.1. The van der Waals surface area contributed by atoms with E-state index in [0.29, 0.717) is 17.2 Å². The van der Waals surface area contributed by atoms with Gasteiger partial charge in [0.2, 0.25) is 0 Å². The average molecular weight is 371 g/mol. The number of hydrogen-bond acceptors (Lipinski definition) is 4. The summed E-state index contributed by atoms with van der Waals surface area (Å²) in [6.45, 7) is 8.99. The number of methoxy groups -OCH3 is 2. The van der Waals surface area contributed by atoms with E-state index in [-0.39, 0.29) is 17.5 Å². The van der Waals surface area contributed by atoms with E-state index in [1.807, 2.05) is 40.8 Å². The molecule has 6 nitrogen and oxygen atoms in total. The lowest BCUT2D eigenvalue weighted by Gasteiger charge is -2.25. The van der Waals surface area contributed by atoms with Crippen molar-refractivity contribution in [2.24, 2.45) is 0 Å². The first-order valence-electron chi connectivity index (χ1n) is 9.36. The first kappa shape index (κ1) is 19.3. The minimum atomic E-state index is -0.156. The molecule has 27 heavy (non-hydrogen) atoms. The molecule has 6 heteroatoms. The third-order valence-corrected chi connectivity index (χ3v) is 5.05. The molecule has 0 N–H and O–H groups in total. The number of hydrogen-bond donors (Lipinski definition) is 0. The fraction of sp³-hybridized carbons (Fsp3) is 0.524. The molecule has 1 fully saturated rings. The van der Waals surface area contributed by atoms with Gasteiger partial charge in [-0.1, -0.05) is 6.07 Å². The van der Waals surface area contributed by atoms with E-state index < -0.39 is 0 Å². The van der Waals surface area contributed by atoms with E-state index in [2.05, 4.69) is 25.9 Å². The van der Waals surface area contributed by atoms with Crippen molar-refractivity contribution in [3.05, 3.63) is 41.2 Å². The third kappa shape index (κ3) is 3.66. The van der Waals surface area contributed by atoms with Crippen LogP contribution in [-0.2, 0) is 5.54 Å². The van der Waals surface area contributed by atoms with Crippen LogP contribution in [0, 0.1) is 6.92 Å². The van der Waals surface area contributed by atoms with E-state index in [1.54, 1.807) is 14.2 Å². The summed E-state index contributed by atoms with van der Waals surface area (Å²) >= 11 is 0. The van der Waals surface area contributed by atoms with Crippen molar-refractivity contribution in [3.8, 4) is 11.5 Å². The molecule has 1 atom stereocenters. The molecule has 0 radical (unpaired) electrons. The lowest BCUT2D eigenvalue weighted by Crippen LogP contribution is -2.31. The summed E-state index contributed by atoms with van der Waals surface area (Å²) in [6, 6.07) is 7.79. The zero-order valence-corrected chi connectivity index (χ0v) is 17.1. The van der Waals surface area contributed by atoms with Gasteiger partial charge in [0.05, 0.1) is 25.8 Å². The molecule has 1 amide bonds. The Morgan fingerprint density at radius 3 is 2.44 bits per heavy atom. The molecule has 0 bridgehead atoms. The number of benzene rings is 1. The van der Waals surface area contributed by atoms with Crippen molar-refractivity contribution < 1.29 is 14.3 Å². The predicted molar refractivity (Wildman–Crippen MR) is 105 cm³/mol. The second kappa shape index (κ2) is 7.25. The van der Waals surface area contributed by atoms with E-state index in [9.17, 15) is 4.79 Å². The van der Waals surface area contributed by atoms with Crippen LogP contribution in [0.2, 0.25) is 0 Å². The normalized spacial score (nSPS) is 17.3. The van der Waals surface area contributed by atoms with Crippen LogP contribution in [0.4, 0.5) is 0 Å². The summed E-state index contributed by atoms with van der Waals surface area (Å²) in [5.74, 6) is 1.36. The van der Waals surface area contributed by atoms with Crippen LogP contribution >= 0.6 is 0 Å². The highest BCUT2D eigenvalue weighted by Gasteiger charge is 2.33. The SMILES string of the molecule is COc1ccc(C2CCCN2C(=O)c2cc(C)n(C(C)(C)C)n2)cc1OC. The monoisotopic (exact) mass is 371 g/mol. The summed E-state index contributed by atoms with van der Waals surface area (Å²) < 4.78 is 12.7. The molecule has 0 saturated carbocycles. The summed E-state index contributed by atoms with van der Waals surface area (Å²) in [4.78, 5) is 15.1. The van der Waals surface area contributed by atoms with Gasteiger partial charge in [-0.05, 0) is 64.3 Å². The Kier molecular flexibility index (Phi) is 5.18. The molecule has 3 rings (SSSR count). The molecule has 1 aromatic carbocycles. The van der Waals surface area contributed by atoms with Gasteiger partial charge in [0.1, 0.15) is 0 Å². The molecule has 1 saturated heterocycles. The number of carbonyl (C=O) groups excluding carboxylic acids is 1. The van der Waals surface area contributed by atoms with E-state index in [4.69, 9.17) is 9.47 Å². The van der Waals surface area contributed by atoms with E-state index in [1.165, 1.54) is 0 Å². The number of nitrogens with zero attached hydrogens (tertiary/aromatic N) is 3. The van der Waals surface area contributed by atoms with Gasteiger partial charge in [0.15, 0.2) is 17.2 Å². The lowest BCUT2D eigenvalue weighted by atomic mass is 10.0. The number of rotatable bonds is 4. The molecular weight excluding hydrogens is 342 g/mol. The molecule has 0 aliphatic carbocycles. The Balaban J connectivity index is 1.89. The van der Waals surface area contributed by atoms with Crippen molar-refractivity contribution in [2.45, 2.75) is 52.1 Å². The molecule has 2 aromatic rings. The Labute approximate surface area is 161 Å². The van der Waals surface area contributed by atoms with Gasteiger partial charge < -0.3 is 14.4 Å². The fourth-order valence-electron chi connectivity index (χ4n) is 3.82. The third-order valence-electron chi connectivity index (χ3n) is 5.05. The number of carbonyl (C=O) groups is 1. The Morgan fingerprint density at radius 1 is 1.15 bits per heavy atom. The smallest absolute Gasteiger partial charge is 0.274 e. The topological polar surface area (TPSA) is 56.6 Å². The Hall–Kier alpha value is -2.50. The number of aromatic nitrogens is 2. The van der Waals surface area contributed by atoms with E-state index >= 15 is 0 Å². The molecule has 0 spiro atoms. The summed E-state index contributed by atoms with van der Waals surface area (Å²) in [5, 5.41) is 4.60. The highest BCUT2D eigenvalue weighted by Crippen LogP contribution is 2.37. The van der Waals surface area contributed by atoms with Crippen LogP contribution in [0.15, 0.2) is 24.3 Å². The Morgan fingerprint density at radius 2 is 1.85 bits per heavy atom. The minimum Gasteiger partial charge on any atom is -0.493 e. The summed E-state index contributed by atoms with van der Waals surface area (Å²) in [7, 11) is 3.25. The maximum Gasteiger partial charge on any atom is 0.274 e. The molecule has 2 heterocycles. The largest absolute Gasteiger partial charge is 0.493 e. The van der Waals surface area contributed by atoms with Crippen LogP contribution in [0.25, 0.3) is 0 Å². The first-order valence-corrected chi connectivity index (χ1v) is 9.36. The Bertz CT molecular complexity index is 836. The van der Waals surface area contributed by atoms with Gasteiger partial charge in [0, 0.05) is 12.2 Å². The van der Waals surface area contributed by atoms with Gasteiger partial charge in [-0.25, -0.2) is 0 Å². The van der Waals surface area contributed by atoms with Gasteiger partial charge in [-0.2, -0.15) is 5.10 Å². The van der Waals surface area contributed by atoms with Crippen molar-refractivity contribution in [1.82, 2.24) is 14.7 Å². The standard InChI is InChI=1S/C21H29N3O3/c1-14-12-16(22-24(14)21(2,3)4)20(25)23-11-7-8-17(23)15-9-10-18(26-5)19(13-15)27-6/h9-10,12-13,17H,7-8,11H2,1-6H3. The number of amides is 1. The zero-order chi connectivity index (χ0) is 19.8. The molecular formula is C21H29N3O3. The van der Waals surface area contributed by atoms with Crippen molar-refractivity contribution in [3.63, 3.8) is 0 Å². The van der Waals surface area contributed by atoms with Gasteiger partial charge >= 0.3 is 0 Å². The van der Waals surface area contributed by atoms with Crippen LogP contribution < -0.4 is 9.47 Å². The first-order chi connectivity index (χ1) is 12.8. The highest BCUT2D eigenvalue weighted by atomic mass is 16.5. The molecule has 1 aliphatic heterocycles. The van der Waals surface area contributed by atoms with Crippen LogP contribution in [0.3, 0.4) is 0 Å². The predicted octanol–water partition coefficient (Wildman–Crippen LogP) is 3.94. The maximum absolute atomic E-state index is 13.2. The maximum atomic E-state index is 13.2. The van der Waals surface area contributed by atoms with Crippen molar-refractivity contribution >= 4 is 5.91 Å². The van der Waals surface area contributed by atoms with E-state index in [0.717, 1.165) is 30.6 Å².